The fraction of sp³-hybridized carbons (Fsp3) is 0.241. The number of rotatable bonds is 12. The molecule has 0 bridgehead atoms. The topological polar surface area (TPSA) is 133 Å². The zero-order chi connectivity index (χ0) is 29.9. The summed E-state index contributed by atoms with van der Waals surface area (Å²) in [5, 5.41) is 17.7. The summed E-state index contributed by atoms with van der Waals surface area (Å²) >= 11 is 0. The Balaban J connectivity index is 1.47. The van der Waals surface area contributed by atoms with Crippen molar-refractivity contribution in [3.05, 3.63) is 90.1 Å². The minimum absolute atomic E-state index is 0.0937. The number of benzene rings is 2. The minimum atomic E-state index is -0.956. The van der Waals surface area contributed by atoms with Crippen molar-refractivity contribution in [1.82, 2.24) is 15.2 Å². The highest BCUT2D eigenvalue weighted by molar-refractivity contribution is 6.01. The molecule has 0 aliphatic carbocycles. The van der Waals surface area contributed by atoms with Crippen molar-refractivity contribution in [2.75, 3.05) is 31.3 Å². The zero-order valence-corrected chi connectivity index (χ0v) is 22.6. The molecule has 1 aromatic heterocycles. The fourth-order valence-corrected chi connectivity index (χ4v) is 3.60. The van der Waals surface area contributed by atoms with Crippen LogP contribution in [-0.4, -0.2) is 59.6 Å². The molecule has 0 fully saturated rings. The maximum Gasteiger partial charge on any atom is 0.325 e. The molecule has 216 valence electrons. The number of carbonyl (C=O) groups excluding carboxylic acids is 3. The van der Waals surface area contributed by atoms with Gasteiger partial charge in [-0.05, 0) is 48.7 Å². The highest BCUT2D eigenvalue weighted by atomic mass is 19.1. The van der Waals surface area contributed by atoms with Gasteiger partial charge < -0.3 is 25.4 Å². The van der Waals surface area contributed by atoms with Gasteiger partial charge in [0.15, 0.2) is 11.6 Å². The van der Waals surface area contributed by atoms with Gasteiger partial charge in [-0.1, -0.05) is 18.7 Å². The number of aromatic nitrogens is 1. The lowest BCUT2D eigenvalue weighted by atomic mass is 10.1. The molecular formula is C29H31F2N5O5. The minimum Gasteiger partial charge on any atom is -0.454 e. The third-order valence-electron chi connectivity index (χ3n) is 5.72. The van der Waals surface area contributed by atoms with Crippen molar-refractivity contribution in [2.24, 2.45) is 0 Å². The maximum absolute atomic E-state index is 14.7. The van der Waals surface area contributed by atoms with Crippen molar-refractivity contribution in [1.29, 1.82) is 0 Å². The number of nitrogens with one attached hydrogen (secondary N) is 3. The number of pyridine rings is 1. The van der Waals surface area contributed by atoms with E-state index in [9.17, 15) is 28.3 Å². The Hall–Kier alpha value is -4.84. The average molecular weight is 568 g/mol. The van der Waals surface area contributed by atoms with Gasteiger partial charge in [-0.15, -0.1) is 0 Å². The lowest BCUT2D eigenvalue weighted by molar-refractivity contribution is -0.125. The molecule has 2 aromatic carbocycles. The van der Waals surface area contributed by atoms with E-state index >= 15 is 0 Å². The highest BCUT2D eigenvalue weighted by Crippen LogP contribution is 2.27. The van der Waals surface area contributed by atoms with E-state index in [1.807, 2.05) is 0 Å². The van der Waals surface area contributed by atoms with E-state index in [-0.39, 0.29) is 29.3 Å². The van der Waals surface area contributed by atoms with Crippen LogP contribution < -0.4 is 20.7 Å². The summed E-state index contributed by atoms with van der Waals surface area (Å²) in [4.78, 5) is 41.6. The van der Waals surface area contributed by atoms with E-state index < -0.39 is 29.7 Å². The SMILES string of the molecule is C=C(C(=O)N(C)C)C(O)CCCNc1cc(Oc2ccc(NC(=O)NC(=O)Cc3ccc(F)cc3)cc2F)ccn1. The number of hydrogen-bond acceptors (Lipinski definition) is 7. The monoisotopic (exact) mass is 567 g/mol. The molecule has 4 N–H and O–H groups in total. The van der Waals surface area contributed by atoms with Gasteiger partial charge in [0.1, 0.15) is 17.4 Å². The number of imide groups is 1. The van der Waals surface area contributed by atoms with Crippen LogP contribution in [0.2, 0.25) is 0 Å². The predicted molar refractivity (Wildman–Crippen MR) is 150 cm³/mol. The molecule has 12 heteroatoms. The largest absolute Gasteiger partial charge is 0.454 e. The summed E-state index contributed by atoms with van der Waals surface area (Å²) in [6.07, 6.45) is 1.25. The average Bonchev–Trinajstić information content (AvgIpc) is 2.93. The molecule has 1 atom stereocenters. The lowest BCUT2D eigenvalue weighted by Crippen LogP contribution is -2.35. The number of ether oxygens (including phenoxy) is 1. The van der Waals surface area contributed by atoms with Crippen LogP contribution in [0, 0.1) is 11.6 Å². The number of likely N-dealkylation sites (N-methyl/N-ethyl adjacent to an activating group) is 1. The second-order valence-electron chi connectivity index (χ2n) is 9.24. The van der Waals surface area contributed by atoms with Crippen molar-refractivity contribution in [2.45, 2.75) is 25.4 Å². The van der Waals surface area contributed by atoms with E-state index in [0.29, 0.717) is 36.5 Å². The number of aliphatic hydroxyl groups is 1. The van der Waals surface area contributed by atoms with E-state index in [0.717, 1.165) is 6.07 Å². The predicted octanol–water partition coefficient (Wildman–Crippen LogP) is 4.24. The van der Waals surface area contributed by atoms with E-state index in [1.165, 1.54) is 53.6 Å². The van der Waals surface area contributed by atoms with E-state index in [1.54, 1.807) is 20.2 Å². The molecule has 3 rings (SSSR count). The normalized spacial score (nSPS) is 11.2. The number of urea groups is 1. The van der Waals surface area contributed by atoms with Gasteiger partial charge in [0.05, 0.1) is 12.5 Å². The quantitative estimate of drug-likeness (QED) is 0.190. The Morgan fingerprint density at radius 2 is 1.80 bits per heavy atom. The first-order chi connectivity index (χ1) is 19.5. The molecule has 1 unspecified atom stereocenters. The van der Waals surface area contributed by atoms with Crippen molar-refractivity contribution in [3.8, 4) is 11.5 Å². The number of halogens is 2. The van der Waals surface area contributed by atoms with Crippen molar-refractivity contribution >= 4 is 29.4 Å². The number of carbonyl (C=O) groups is 3. The van der Waals surface area contributed by atoms with Gasteiger partial charge in [0.2, 0.25) is 5.91 Å². The molecule has 0 spiro atoms. The molecule has 0 saturated heterocycles. The molecule has 0 radical (unpaired) electrons. The van der Waals surface area contributed by atoms with Crippen molar-refractivity contribution in [3.63, 3.8) is 0 Å². The lowest BCUT2D eigenvalue weighted by Gasteiger charge is -2.17. The van der Waals surface area contributed by atoms with Crippen LogP contribution in [0.3, 0.4) is 0 Å². The second-order valence-corrected chi connectivity index (χ2v) is 9.24. The summed E-state index contributed by atoms with van der Waals surface area (Å²) in [5.41, 5.74) is 0.746. The molecule has 1 heterocycles. The molecule has 0 saturated carbocycles. The van der Waals surface area contributed by atoms with Crippen LogP contribution in [0.5, 0.6) is 11.5 Å². The molecule has 41 heavy (non-hydrogen) atoms. The molecular weight excluding hydrogens is 536 g/mol. The summed E-state index contributed by atoms with van der Waals surface area (Å²) in [7, 11) is 3.17. The third-order valence-corrected chi connectivity index (χ3v) is 5.72. The van der Waals surface area contributed by atoms with Gasteiger partial charge in [-0.25, -0.2) is 18.6 Å². The first kappa shape index (κ1) is 30.7. The first-order valence-corrected chi connectivity index (χ1v) is 12.6. The van der Waals surface area contributed by atoms with Crippen LogP contribution >= 0.6 is 0 Å². The van der Waals surface area contributed by atoms with Crippen LogP contribution in [0.1, 0.15) is 18.4 Å². The van der Waals surface area contributed by atoms with Gasteiger partial charge in [-0.3, -0.25) is 14.9 Å². The van der Waals surface area contributed by atoms with Gasteiger partial charge in [0, 0.05) is 50.2 Å². The Bertz CT molecular complexity index is 1400. The molecule has 4 amide bonds. The Kier molecular flexibility index (Phi) is 10.9. The molecule has 10 nitrogen and oxygen atoms in total. The standard InChI is InChI=1S/C29H31F2N5O5/c1-18(28(39)36(2)3)24(37)5-4-13-32-26-17-22(12-14-33-26)41-25-11-10-21(16-23(25)31)34-29(40)35-27(38)15-19-6-8-20(30)9-7-19/h6-12,14,16-17,24,37H,1,4-5,13,15H2,2-3H3,(H,32,33)(H2,34,35,38,40). The van der Waals surface area contributed by atoms with Gasteiger partial charge in [0.25, 0.3) is 5.91 Å². The number of aliphatic hydroxyl groups excluding tert-OH is 1. The first-order valence-electron chi connectivity index (χ1n) is 12.6. The summed E-state index contributed by atoms with van der Waals surface area (Å²) < 4.78 is 33.3. The number of hydrogen-bond donors (Lipinski definition) is 4. The summed E-state index contributed by atoms with van der Waals surface area (Å²) in [6, 6.07) is 11.3. The Morgan fingerprint density at radius 3 is 2.49 bits per heavy atom. The van der Waals surface area contributed by atoms with Crippen molar-refractivity contribution < 1.29 is 33.0 Å². The second kappa shape index (κ2) is 14.5. The fourth-order valence-electron chi connectivity index (χ4n) is 3.60. The van der Waals surface area contributed by atoms with E-state index in [2.05, 4.69) is 27.5 Å². The van der Waals surface area contributed by atoms with Crippen LogP contribution in [0.15, 0.2) is 72.9 Å². The van der Waals surface area contributed by atoms with Gasteiger partial charge >= 0.3 is 6.03 Å². The van der Waals surface area contributed by atoms with Gasteiger partial charge in [-0.2, -0.15) is 0 Å². The van der Waals surface area contributed by atoms with E-state index in [4.69, 9.17) is 4.74 Å². The number of nitrogens with zero attached hydrogens (tertiary/aromatic N) is 2. The number of amides is 4. The zero-order valence-electron chi connectivity index (χ0n) is 22.6. The molecule has 0 aliphatic rings. The Labute approximate surface area is 236 Å². The smallest absolute Gasteiger partial charge is 0.325 e. The highest BCUT2D eigenvalue weighted by Gasteiger charge is 2.17. The maximum atomic E-state index is 14.7. The third kappa shape index (κ3) is 9.69. The molecule has 0 aliphatic heterocycles. The van der Waals surface area contributed by atoms with Crippen LogP contribution in [0.25, 0.3) is 0 Å². The number of anilines is 2. The van der Waals surface area contributed by atoms with Crippen LogP contribution in [0.4, 0.5) is 25.1 Å². The molecule has 3 aromatic rings. The summed E-state index contributed by atoms with van der Waals surface area (Å²) in [6.45, 7) is 4.09. The summed E-state index contributed by atoms with van der Waals surface area (Å²) in [5.74, 6) is -1.48. The Morgan fingerprint density at radius 1 is 1.07 bits per heavy atom. The van der Waals surface area contributed by atoms with Crippen LogP contribution in [-0.2, 0) is 16.0 Å².